The van der Waals surface area contributed by atoms with E-state index in [1.165, 1.54) is 0 Å². The Balaban J connectivity index is 2.22. The molecule has 0 amide bonds. The Hall–Kier alpha value is -0.570. The Labute approximate surface area is 54.0 Å². The van der Waals surface area contributed by atoms with E-state index in [0.29, 0.717) is 0 Å². The summed E-state index contributed by atoms with van der Waals surface area (Å²) in [5.41, 5.74) is 0. The van der Waals surface area contributed by atoms with E-state index in [0.717, 1.165) is 31.9 Å². The van der Waals surface area contributed by atoms with Crippen LogP contribution in [0, 0.1) is 0 Å². The molecule has 9 heavy (non-hydrogen) atoms. The van der Waals surface area contributed by atoms with E-state index in [-0.39, 0.29) is 6.10 Å². The average Bonchev–Trinajstić information content (AvgIpc) is 2.35. The maximum Gasteiger partial charge on any atom is 0.128 e. The van der Waals surface area contributed by atoms with Crippen LogP contribution in [0.2, 0.25) is 0 Å². The average molecular weight is 126 g/mol. The Bertz CT molecular complexity index is 155. The SMILES string of the molecule is OC1CCN2CCN=C12. The summed E-state index contributed by atoms with van der Waals surface area (Å²) >= 11 is 0. The minimum Gasteiger partial charge on any atom is -0.385 e. The van der Waals surface area contributed by atoms with Gasteiger partial charge in [0.2, 0.25) is 0 Å². The molecule has 0 aromatic heterocycles. The molecule has 1 atom stereocenters. The molecule has 0 aliphatic carbocycles. The zero-order valence-electron chi connectivity index (χ0n) is 5.25. The maximum absolute atomic E-state index is 9.23. The number of aliphatic hydroxyl groups is 1. The first-order valence-electron chi connectivity index (χ1n) is 3.35. The molecule has 50 valence electrons. The van der Waals surface area contributed by atoms with Crippen molar-refractivity contribution >= 4 is 5.84 Å². The molecule has 2 aliphatic heterocycles. The van der Waals surface area contributed by atoms with Gasteiger partial charge in [0.1, 0.15) is 11.9 Å². The third-order valence-corrected chi connectivity index (χ3v) is 1.94. The van der Waals surface area contributed by atoms with Crippen molar-refractivity contribution in [2.24, 2.45) is 4.99 Å². The standard InChI is InChI=1S/C6H10N2O/c9-5-1-3-8-4-2-7-6(5)8/h5,9H,1-4H2. The molecule has 1 saturated heterocycles. The van der Waals surface area contributed by atoms with E-state index in [2.05, 4.69) is 9.89 Å². The van der Waals surface area contributed by atoms with E-state index in [9.17, 15) is 5.11 Å². The molecule has 0 saturated carbocycles. The van der Waals surface area contributed by atoms with Gasteiger partial charge in [-0.2, -0.15) is 0 Å². The largest absolute Gasteiger partial charge is 0.385 e. The molecule has 2 aliphatic rings. The molecule has 0 bridgehead atoms. The van der Waals surface area contributed by atoms with E-state index in [1.54, 1.807) is 0 Å². The zero-order chi connectivity index (χ0) is 6.27. The molecule has 2 rings (SSSR count). The van der Waals surface area contributed by atoms with Gasteiger partial charge in [0.05, 0.1) is 6.54 Å². The topological polar surface area (TPSA) is 35.8 Å². The summed E-state index contributed by atoms with van der Waals surface area (Å²) < 4.78 is 0. The number of aliphatic imine (C=N–C) groups is 1. The second-order valence-electron chi connectivity index (χ2n) is 2.53. The van der Waals surface area contributed by atoms with Gasteiger partial charge in [-0.25, -0.2) is 0 Å². The highest BCUT2D eigenvalue weighted by atomic mass is 16.3. The molecule has 1 unspecified atom stereocenters. The van der Waals surface area contributed by atoms with Crippen molar-refractivity contribution < 1.29 is 5.11 Å². The van der Waals surface area contributed by atoms with Gasteiger partial charge in [-0.15, -0.1) is 0 Å². The number of nitrogens with zero attached hydrogens (tertiary/aromatic N) is 2. The van der Waals surface area contributed by atoms with Crippen molar-refractivity contribution in [2.45, 2.75) is 12.5 Å². The monoisotopic (exact) mass is 126 g/mol. The van der Waals surface area contributed by atoms with Gasteiger partial charge in [-0.1, -0.05) is 0 Å². The molecular formula is C6H10N2O. The second-order valence-corrected chi connectivity index (χ2v) is 2.53. The quantitative estimate of drug-likeness (QED) is 0.473. The lowest BCUT2D eigenvalue weighted by Gasteiger charge is -2.09. The number of fused-ring (bicyclic) bond motifs is 1. The maximum atomic E-state index is 9.23. The van der Waals surface area contributed by atoms with Crippen LogP contribution >= 0.6 is 0 Å². The molecular weight excluding hydrogens is 116 g/mol. The van der Waals surface area contributed by atoms with Crippen molar-refractivity contribution in [3.63, 3.8) is 0 Å². The van der Waals surface area contributed by atoms with Gasteiger partial charge in [0, 0.05) is 13.1 Å². The first kappa shape index (κ1) is 5.23. The van der Waals surface area contributed by atoms with E-state index in [1.807, 2.05) is 0 Å². The van der Waals surface area contributed by atoms with E-state index >= 15 is 0 Å². The smallest absolute Gasteiger partial charge is 0.128 e. The van der Waals surface area contributed by atoms with Gasteiger partial charge >= 0.3 is 0 Å². The molecule has 1 fully saturated rings. The van der Waals surface area contributed by atoms with Crippen molar-refractivity contribution in [1.82, 2.24) is 4.90 Å². The van der Waals surface area contributed by atoms with E-state index < -0.39 is 0 Å². The van der Waals surface area contributed by atoms with Crippen molar-refractivity contribution in [3.8, 4) is 0 Å². The first-order valence-corrected chi connectivity index (χ1v) is 3.35. The molecule has 0 spiro atoms. The summed E-state index contributed by atoms with van der Waals surface area (Å²) in [4.78, 5) is 6.33. The number of amidine groups is 1. The van der Waals surface area contributed by atoms with Crippen LogP contribution in [0.15, 0.2) is 4.99 Å². The highest BCUT2D eigenvalue weighted by Gasteiger charge is 2.29. The first-order chi connectivity index (χ1) is 4.38. The fourth-order valence-corrected chi connectivity index (χ4v) is 1.45. The fourth-order valence-electron chi connectivity index (χ4n) is 1.45. The van der Waals surface area contributed by atoms with Crippen molar-refractivity contribution in [3.05, 3.63) is 0 Å². The van der Waals surface area contributed by atoms with Gasteiger partial charge < -0.3 is 10.0 Å². The molecule has 0 aromatic carbocycles. The van der Waals surface area contributed by atoms with Crippen molar-refractivity contribution in [2.75, 3.05) is 19.6 Å². The van der Waals surface area contributed by atoms with Crippen LogP contribution < -0.4 is 0 Å². The minimum absolute atomic E-state index is 0.257. The van der Waals surface area contributed by atoms with Crippen LogP contribution in [-0.2, 0) is 0 Å². The highest BCUT2D eigenvalue weighted by molar-refractivity contribution is 5.89. The Kier molecular flexibility index (Phi) is 0.990. The highest BCUT2D eigenvalue weighted by Crippen LogP contribution is 2.15. The summed E-state index contributed by atoms with van der Waals surface area (Å²) in [6.07, 6.45) is 0.617. The Morgan fingerprint density at radius 3 is 3.22 bits per heavy atom. The predicted molar refractivity (Wildman–Crippen MR) is 34.5 cm³/mol. The summed E-state index contributed by atoms with van der Waals surface area (Å²) in [6, 6.07) is 0. The lowest BCUT2D eigenvalue weighted by molar-refractivity contribution is 0.245. The molecule has 1 N–H and O–H groups in total. The predicted octanol–water partition coefficient (Wildman–Crippen LogP) is -0.535. The molecule has 0 aromatic rings. The minimum atomic E-state index is -0.257. The van der Waals surface area contributed by atoms with Gasteiger partial charge in [-0.05, 0) is 6.42 Å². The third-order valence-electron chi connectivity index (χ3n) is 1.94. The zero-order valence-corrected chi connectivity index (χ0v) is 5.25. The summed E-state index contributed by atoms with van der Waals surface area (Å²) in [7, 11) is 0. The van der Waals surface area contributed by atoms with Gasteiger partial charge in [-0.3, -0.25) is 4.99 Å². The lowest BCUT2D eigenvalue weighted by Crippen LogP contribution is -2.25. The third kappa shape index (κ3) is 0.645. The molecule has 0 radical (unpaired) electrons. The second kappa shape index (κ2) is 1.70. The fraction of sp³-hybridized carbons (Fsp3) is 0.833. The lowest BCUT2D eigenvalue weighted by atomic mass is 10.3. The summed E-state index contributed by atoms with van der Waals surface area (Å²) in [6.45, 7) is 2.90. The molecule has 3 heteroatoms. The van der Waals surface area contributed by atoms with Crippen LogP contribution in [0.5, 0.6) is 0 Å². The van der Waals surface area contributed by atoms with Crippen molar-refractivity contribution in [1.29, 1.82) is 0 Å². The Morgan fingerprint density at radius 2 is 2.44 bits per heavy atom. The van der Waals surface area contributed by atoms with Crippen LogP contribution in [0.3, 0.4) is 0 Å². The molecule has 2 heterocycles. The Morgan fingerprint density at radius 1 is 1.56 bits per heavy atom. The number of hydrogen-bond acceptors (Lipinski definition) is 3. The summed E-state index contributed by atoms with van der Waals surface area (Å²) in [5.74, 6) is 0.926. The number of hydrogen-bond donors (Lipinski definition) is 1. The van der Waals surface area contributed by atoms with Gasteiger partial charge in [0.25, 0.3) is 0 Å². The van der Waals surface area contributed by atoms with E-state index in [4.69, 9.17) is 0 Å². The van der Waals surface area contributed by atoms with Gasteiger partial charge in [0.15, 0.2) is 0 Å². The van der Waals surface area contributed by atoms with Crippen LogP contribution in [0.4, 0.5) is 0 Å². The molecule has 3 nitrogen and oxygen atoms in total. The van der Waals surface area contributed by atoms with Crippen LogP contribution in [0.1, 0.15) is 6.42 Å². The number of aliphatic hydroxyl groups excluding tert-OH is 1. The number of rotatable bonds is 0. The van der Waals surface area contributed by atoms with Crippen LogP contribution in [0.25, 0.3) is 0 Å². The summed E-state index contributed by atoms with van der Waals surface area (Å²) in [5, 5.41) is 9.23. The normalized spacial score (nSPS) is 32.8. The van der Waals surface area contributed by atoms with Crippen LogP contribution in [-0.4, -0.2) is 41.6 Å².